The molecule has 2 aromatic rings. The van der Waals surface area contributed by atoms with Gasteiger partial charge in [0.15, 0.2) is 0 Å². The highest BCUT2D eigenvalue weighted by molar-refractivity contribution is 5.94. The van der Waals surface area contributed by atoms with E-state index in [1.807, 2.05) is 32.1 Å². The average Bonchev–Trinajstić information content (AvgIpc) is 2.81. The lowest BCUT2D eigenvalue weighted by molar-refractivity contribution is -0.124. The molecule has 3 heteroatoms. The Bertz CT molecular complexity index is 970. The summed E-state index contributed by atoms with van der Waals surface area (Å²) in [5.41, 5.74) is 2.50. The van der Waals surface area contributed by atoms with Crippen LogP contribution in [-0.2, 0) is 16.6 Å². The van der Waals surface area contributed by atoms with Crippen LogP contribution in [0.25, 0.3) is 0 Å². The number of piperidine rings is 1. The summed E-state index contributed by atoms with van der Waals surface area (Å²) in [6, 6.07) is 16.4. The number of aromatic hydroxyl groups is 1. The van der Waals surface area contributed by atoms with Crippen molar-refractivity contribution in [2.24, 2.45) is 5.92 Å². The molecule has 0 aromatic heterocycles. The molecule has 1 N–H and O–H groups in total. The molecule has 0 amide bonds. The van der Waals surface area contributed by atoms with Crippen molar-refractivity contribution in [3.63, 3.8) is 0 Å². The summed E-state index contributed by atoms with van der Waals surface area (Å²) >= 11 is 0. The topological polar surface area (TPSA) is 40.5 Å². The van der Waals surface area contributed by atoms with Crippen LogP contribution in [0.5, 0.6) is 5.75 Å². The molecule has 2 aromatic carbocycles. The fraction of sp³-hybridized carbons (Fsp3) is 0.393. The van der Waals surface area contributed by atoms with Gasteiger partial charge in [0.2, 0.25) is 0 Å². The molecule has 0 saturated carbocycles. The molecule has 0 bridgehead atoms. The summed E-state index contributed by atoms with van der Waals surface area (Å²) in [4.78, 5) is 16.0. The summed E-state index contributed by atoms with van der Waals surface area (Å²) < 4.78 is 0. The van der Waals surface area contributed by atoms with Crippen molar-refractivity contribution < 1.29 is 9.90 Å². The maximum Gasteiger partial charge on any atom is 0.148 e. The van der Waals surface area contributed by atoms with Crippen LogP contribution in [0.2, 0.25) is 0 Å². The zero-order valence-electron chi connectivity index (χ0n) is 18.6. The van der Waals surface area contributed by atoms with Crippen LogP contribution in [-0.4, -0.2) is 34.9 Å². The number of benzene rings is 2. The van der Waals surface area contributed by atoms with Crippen molar-refractivity contribution in [2.75, 3.05) is 13.1 Å². The van der Waals surface area contributed by atoms with E-state index in [9.17, 15) is 9.90 Å². The number of Topliss-reactive ketones (excluding diaryl/α,β-unsaturated/α-hetero) is 1. The van der Waals surface area contributed by atoms with Crippen LogP contribution in [0.3, 0.4) is 0 Å². The quantitative estimate of drug-likeness (QED) is 0.690. The molecule has 3 nitrogen and oxygen atoms in total. The van der Waals surface area contributed by atoms with Gasteiger partial charge in [0.25, 0.3) is 0 Å². The number of ketones is 1. The van der Waals surface area contributed by atoms with E-state index in [1.165, 1.54) is 5.56 Å². The molecule has 2 unspecified atom stereocenters. The molecule has 1 saturated heterocycles. The minimum absolute atomic E-state index is 0.00608. The Balaban J connectivity index is 1.58. The zero-order valence-corrected chi connectivity index (χ0v) is 18.6. The van der Waals surface area contributed by atoms with Gasteiger partial charge in [-0.05, 0) is 68.0 Å². The molecular formula is C28H33NO2. The highest BCUT2D eigenvalue weighted by atomic mass is 16.3. The first-order chi connectivity index (χ1) is 15.0. The number of nitrogens with zero attached hydrogens (tertiary/aromatic N) is 1. The predicted molar refractivity (Wildman–Crippen MR) is 126 cm³/mol. The Morgan fingerprint density at radius 2 is 1.84 bits per heavy atom. The van der Waals surface area contributed by atoms with E-state index in [1.54, 1.807) is 6.07 Å². The van der Waals surface area contributed by atoms with Crippen LogP contribution in [0, 0.1) is 12.8 Å². The fourth-order valence-electron chi connectivity index (χ4n) is 5.31. The van der Waals surface area contributed by atoms with E-state index in [0.29, 0.717) is 12.3 Å². The third-order valence-corrected chi connectivity index (χ3v) is 7.10. The largest absolute Gasteiger partial charge is 0.508 e. The first-order valence-corrected chi connectivity index (χ1v) is 11.5. The first-order valence-electron chi connectivity index (χ1n) is 11.5. The van der Waals surface area contributed by atoms with Crippen LogP contribution in [0.15, 0.2) is 72.8 Å². The lowest BCUT2D eigenvalue weighted by Gasteiger charge is -2.46. The summed E-state index contributed by atoms with van der Waals surface area (Å²) in [6.07, 6.45) is 12.3. The number of hydrogen-bond donors (Lipinski definition) is 1. The minimum atomic E-state index is -0.700. The minimum Gasteiger partial charge on any atom is -0.508 e. The van der Waals surface area contributed by atoms with Crippen molar-refractivity contribution in [3.8, 4) is 5.75 Å². The average molecular weight is 416 g/mol. The van der Waals surface area contributed by atoms with Gasteiger partial charge >= 0.3 is 0 Å². The fourth-order valence-corrected chi connectivity index (χ4v) is 5.31. The van der Waals surface area contributed by atoms with Crippen molar-refractivity contribution in [3.05, 3.63) is 89.5 Å². The van der Waals surface area contributed by atoms with Gasteiger partial charge in [-0.1, -0.05) is 73.7 Å². The molecule has 2 atom stereocenters. The summed E-state index contributed by atoms with van der Waals surface area (Å²) in [5.74, 6) is 1.19. The van der Waals surface area contributed by atoms with E-state index in [0.717, 1.165) is 43.5 Å². The van der Waals surface area contributed by atoms with E-state index in [-0.39, 0.29) is 17.6 Å². The molecular weight excluding hydrogens is 382 g/mol. The Hall–Kier alpha value is -2.65. The summed E-state index contributed by atoms with van der Waals surface area (Å²) in [7, 11) is 0. The zero-order chi connectivity index (χ0) is 21.8. The summed E-state index contributed by atoms with van der Waals surface area (Å²) in [5, 5.41) is 10.1. The smallest absolute Gasteiger partial charge is 0.148 e. The SMILES string of the molecule is CCC(=O)C1(c2ccc(O)c(C)c2)C=CC=CC1N1CCC(Cc2ccccc2)CC1. The molecule has 1 aliphatic heterocycles. The van der Waals surface area contributed by atoms with Crippen molar-refractivity contribution in [1.29, 1.82) is 0 Å². The van der Waals surface area contributed by atoms with Gasteiger partial charge in [-0.2, -0.15) is 0 Å². The van der Waals surface area contributed by atoms with Crippen LogP contribution in [0.1, 0.15) is 42.9 Å². The third-order valence-electron chi connectivity index (χ3n) is 7.10. The van der Waals surface area contributed by atoms with E-state index >= 15 is 0 Å². The molecule has 162 valence electrons. The monoisotopic (exact) mass is 415 g/mol. The standard InChI is InChI=1S/C28H33NO2/c1-3-27(31)28(24-12-13-25(30)21(2)19-24)16-8-7-11-26(28)29-17-14-23(15-18-29)20-22-9-5-4-6-10-22/h4-13,16,19,23,26,30H,3,14-15,17-18,20H2,1-2H3. The van der Waals surface area contributed by atoms with E-state index < -0.39 is 5.41 Å². The summed E-state index contributed by atoms with van der Waals surface area (Å²) in [6.45, 7) is 5.84. The number of carbonyl (C=O) groups excluding carboxylic acids is 1. The second-order valence-corrected chi connectivity index (χ2v) is 9.00. The third kappa shape index (κ3) is 4.24. The second-order valence-electron chi connectivity index (χ2n) is 9.00. The van der Waals surface area contributed by atoms with Crippen molar-refractivity contribution in [2.45, 2.75) is 51.0 Å². The number of likely N-dealkylation sites (tertiary alicyclic amines) is 1. The predicted octanol–water partition coefficient (Wildman–Crippen LogP) is 5.37. The molecule has 2 aliphatic rings. The van der Waals surface area contributed by atoms with Gasteiger partial charge in [-0.15, -0.1) is 0 Å². The Kier molecular flexibility index (Phi) is 6.43. The van der Waals surface area contributed by atoms with Crippen LogP contribution >= 0.6 is 0 Å². The number of phenolic OH excluding ortho intramolecular Hbond substituents is 1. The normalized spacial score (nSPS) is 24.4. The van der Waals surface area contributed by atoms with E-state index in [4.69, 9.17) is 0 Å². The highest BCUT2D eigenvalue weighted by Crippen LogP contribution is 2.40. The molecule has 0 radical (unpaired) electrons. The second kappa shape index (κ2) is 9.23. The van der Waals surface area contributed by atoms with Crippen LogP contribution in [0.4, 0.5) is 0 Å². The number of aryl methyl sites for hydroxylation is 1. The maximum atomic E-state index is 13.5. The number of carbonyl (C=O) groups is 1. The maximum absolute atomic E-state index is 13.5. The molecule has 31 heavy (non-hydrogen) atoms. The first kappa shape index (κ1) is 21.6. The van der Waals surface area contributed by atoms with Gasteiger partial charge < -0.3 is 5.11 Å². The van der Waals surface area contributed by atoms with E-state index in [2.05, 4.69) is 53.5 Å². The Labute approximate surface area is 186 Å². The number of allylic oxidation sites excluding steroid dienone is 2. The molecule has 0 spiro atoms. The lowest BCUT2D eigenvalue weighted by atomic mass is 9.67. The van der Waals surface area contributed by atoms with Gasteiger partial charge in [0, 0.05) is 12.5 Å². The highest BCUT2D eigenvalue weighted by Gasteiger charge is 2.47. The number of rotatable bonds is 6. The number of phenols is 1. The number of hydrogen-bond acceptors (Lipinski definition) is 3. The Morgan fingerprint density at radius 3 is 2.52 bits per heavy atom. The Morgan fingerprint density at radius 1 is 1.10 bits per heavy atom. The molecule has 1 aliphatic carbocycles. The van der Waals surface area contributed by atoms with Crippen LogP contribution < -0.4 is 0 Å². The van der Waals surface area contributed by atoms with Gasteiger partial charge in [-0.3, -0.25) is 9.69 Å². The lowest BCUT2D eigenvalue weighted by Crippen LogP contribution is -2.55. The van der Waals surface area contributed by atoms with Gasteiger partial charge in [0.1, 0.15) is 11.5 Å². The molecule has 4 rings (SSSR count). The van der Waals surface area contributed by atoms with Crippen molar-refractivity contribution in [1.82, 2.24) is 4.90 Å². The van der Waals surface area contributed by atoms with Gasteiger partial charge in [-0.25, -0.2) is 0 Å². The molecule has 1 fully saturated rings. The van der Waals surface area contributed by atoms with Crippen molar-refractivity contribution >= 4 is 5.78 Å². The molecule has 1 heterocycles. The van der Waals surface area contributed by atoms with Gasteiger partial charge in [0.05, 0.1) is 5.41 Å².